The molecule has 0 N–H and O–H groups in total. The second-order valence-corrected chi connectivity index (χ2v) is 6.25. The van der Waals surface area contributed by atoms with Crippen molar-refractivity contribution in [2.75, 3.05) is 11.4 Å². The van der Waals surface area contributed by atoms with Crippen LogP contribution in [0.3, 0.4) is 0 Å². The maximum Gasteiger partial charge on any atom is 0.259 e. The van der Waals surface area contributed by atoms with Crippen molar-refractivity contribution < 1.29 is 9.32 Å². The summed E-state index contributed by atoms with van der Waals surface area (Å²) >= 11 is 0. The molecule has 134 valence electrons. The largest absolute Gasteiger partial charge is 0.335 e. The molecule has 2 heterocycles. The van der Waals surface area contributed by atoms with Crippen molar-refractivity contribution in [1.29, 1.82) is 0 Å². The Bertz CT molecular complexity index is 1090. The van der Waals surface area contributed by atoms with Gasteiger partial charge in [-0.05, 0) is 32.0 Å². The van der Waals surface area contributed by atoms with Crippen LogP contribution in [0.4, 0.5) is 5.69 Å². The minimum absolute atomic E-state index is 0.0976. The summed E-state index contributed by atoms with van der Waals surface area (Å²) in [5.41, 5.74) is 4.04. The molecule has 0 aliphatic rings. The van der Waals surface area contributed by atoms with E-state index in [0.29, 0.717) is 34.6 Å². The van der Waals surface area contributed by atoms with Gasteiger partial charge in [0.2, 0.25) is 0 Å². The second kappa shape index (κ2) is 7.03. The third-order valence-electron chi connectivity index (χ3n) is 4.55. The molecule has 5 nitrogen and oxygen atoms in total. The summed E-state index contributed by atoms with van der Waals surface area (Å²) in [6.45, 7) is 4.34. The van der Waals surface area contributed by atoms with Gasteiger partial charge in [0.15, 0.2) is 0 Å². The molecule has 4 rings (SSSR count). The van der Waals surface area contributed by atoms with E-state index in [1.807, 2.05) is 80.6 Å². The lowest BCUT2D eigenvalue weighted by atomic mass is 10.0. The van der Waals surface area contributed by atoms with Crippen LogP contribution >= 0.6 is 0 Å². The van der Waals surface area contributed by atoms with Gasteiger partial charge in [-0.2, -0.15) is 0 Å². The number of aryl methyl sites for hydroxylation is 1. The Morgan fingerprint density at radius 3 is 2.37 bits per heavy atom. The fourth-order valence-corrected chi connectivity index (χ4v) is 3.22. The highest BCUT2D eigenvalue weighted by atomic mass is 16.5. The zero-order valence-electron chi connectivity index (χ0n) is 15.2. The van der Waals surface area contributed by atoms with Gasteiger partial charge in [0, 0.05) is 17.8 Å². The van der Waals surface area contributed by atoms with E-state index in [1.165, 1.54) is 0 Å². The van der Waals surface area contributed by atoms with Gasteiger partial charge in [0.25, 0.3) is 11.6 Å². The van der Waals surface area contributed by atoms with Gasteiger partial charge in [-0.1, -0.05) is 53.7 Å². The van der Waals surface area contributed by atoms with Gasteiger partial charge in [-0.3, -0.25) is 4.79 Å². The van der Waals surface area contributed by atoms with Crippen LogP contribution in [0.15, 0.2) is 71.3 Å². The number of hydrogen-bond donors (Lipinski definition) is 0. The van der Waals surface area contributed by atoms with Crippen LogP contribution in [-0.2, 0) is 0 Å². The van der Waals surface area contributed by atoms with Gasteiger partial charge in [-0.25, -0.2) is 4.98 Å². The number of carbonyl (C=O) groups is 1. The van der Waals surface area contributed by atoms with Crippen LogP contribution < -0.4 is 4.90 Å². The monoisotopic (exact) mass is 357 g/mol. The van der Waals surface area contributed by atoms with Crippen molar-refractivity contribution in [2.45, 2.75) is 13.8 Å². The van der Waals surface area contributed by atoms with Crippen LogP contribution in [-0.4, -0.2) is 22.6 Å². The van der Waals surface area contributed by atoms with Crippen LogP contribution in [0.2, 0.25) is 0 Å². The van der Waals surface area contributed by atoms with E-state index in [0.717, 1.165) is 11.3 Å². The molecule has 1 amide bonds. The summed E-state index contributed by atoms with van der Waals surface area (Å²) in [5, 5.41) is 4.68. The first-order chi connectivity index (χ1) is 13.2. The summed E-state index contributed by atoms with van der Waals surface area (Å²) in [6, 6.07) is 21.2. The van der Waals surface area contributed by atoms with Crippen LogP contribution in [0.25, 0.3) is 22.4 Å². The number of nitrogens with zero attached hydrogens (tertiary/aromatic N) is 3. The number of para-hydroxylation sites is 1. The van der Waals surface area contributed by atoms with Gasteiger partial charge in [-0.15, -0.1) is 0 Å². The maximum atomic E-state index is 13.5. The highest BCUT2D eigenvalue weighted by Gasteiger charge is 2.23. The van der Waals surface area contributed by atoms with Crippen molar-refractivity contribution in [3.63, 3.8) is 0 Å². The van der Waals surface area contributed by atoms with E-state index < -0.39 is 0 Å². The molecule has 2 aromatic carbocycles. The molecule has 5 heteroatoms. The van der Waals surface area contributed by atoms with Crippen LogP contribution in [0.1, 0.15) is 23.0 Å². The Labute approximate surface area is 157 Å². The van der Waals surface area contributed by atoms with Crippen molar-refractivity contribution >= 4 is 22.7 Å². The number of anilines is 1. The van der Waals surface area contributed by atoms with E-state index in [4.69, 9.17) is 4.52 Å². The number of rotatable bonds is 4. The minimum Gasteiger partial charge on any atom is -0.335 e. The zero-order valence-corrected chi connectivity index (χ0v) is 15.2. The summed E-state index contributed by atoms with van der Waals surface area (Å²) in [6.07, 6.45) is 0. The fraction of sp³-hybridized carbons (Fsp3) is 0.136. The molecular weight excluding hydrogens is 338 g/mol. The number of pyridine rings is 1. The highest BCUT2D eigenvalue weighted by molar-refractivity contribution is 6.14. The average Bonchev–Trinajstić information content (AvgIpc) is 3.10. The number of aromatic nitrogens is 2. The van der Waals surface area contributed by atoms with Gasteiger partial charge >= 0.3 is 0 Å². The summed E-state index contributed by atoms with van der Waals surface area (Å²) in [7, 11) is 0. The average molecular weight is 357 g/mol. The minimum atomic E-state index is -0.0976. The smallest absolute Gasteiger partial charge is 0.259 e. The number of fused-ring (bicyclic) bond motifs is 1. The zero-order chi connectivity index (χ0) is 18.8. The van der Waals surface area contributed by atoms with Crippen molar-refractivity contribution in [3.8, 4) is 11.3 Å². The molecule has 0 saturated heterocycles. The third-order valence-corrected chi connectivity index (χ3v) is 4.55. The first-order valence-corrected chi connectivity index (χ1v) is 8.88. The molecule has 0 saturated carbocycles. The molecule has 0 fully saturated rings. The molecule has 0 unspecified atom stereocenters. The van der Waals surface area contributed by atoms with Crippen molar-refractivity contribution in [3.05, 3.63) is 78.0 Å². The van der Waals surface area contributed by atoms with E-state index in [9.17, 15) is 4.79 Å². The SMILES string of the molecule is CCN(C(=O)c1cc(-c2ccccc2)nc2onc(C)c12)c1ccccc1. The predicted molar refractivity (Wildman–Crippen MR) is 106 cm³/mol. The molecule has 27 heavy (non-hydrogen) atoms. The highest BCUT2D eigenvalue weighted by Crippen LogP contribution is 2.29. The fourth-order valence-electron chi connectivity index (χ4n) is 3.22. The molecule has 2 aromatic heterocycles. The Morgan fingerprint density at radius 2 is 1.70 bits per heavy atom. The Balaban J connectivity index is 1.89. The second-order valence-electron chi connectivity index (χ2n) is 6.25. The number of carbonyl (C=O) groups excluding carboxylic acids is 1. The molecule has 0 atom stereocenters. The number of hydrogen-bond acceptors (Lipinski definition) is 4. The van der Waals surface area contributed by atoms with E-state index >= 15 is 0 Å². The molecule has 0 bridgehead atoms. The first kappa shape index (κ1) is 17.0. The molecule has 0 aliphatic carbocycles. The van der Waals surface area contributed by atoms with Gasteiger partial charge in [0.05, 0.1) is 22.3 Å². The Kier molecular flexibility index (Phi) is 4.42. The molecule has 0 radical (unpaired) electrons. The lowest BCUT2D eigenvalue weighted by Gasteiger charge is -2.21. The first-order valence-electron chi connectivity index (χ1n) is 8.88. The standard InChI is InChI=1S/C22H19N3O2/c1-3-25(17-12-8-5-9-13-17)22(26)18-14-19(16-10-6-4-7-11-16)23-21-20(18)15(2)24-27-21/h4-14H,3H2,1-2H3. The maximum absolute atomic E-state index is 13.5. The molecular formula is C22H19N3O2. The summed E-state index contributed by atoms with van der Waals surface area (Å²) in [4.78, 5) is 19.8. The normalized spacial score (nSPS) is 10.9. The van der Waals surface area contributed by atoms with Crippen LogP contribution in [0, 0.1) is 6.92 Å². The molecule has 4 aromatic rings. The van der Waals surface area contributed by atoms with E-state index in [2.05, 4.69) is 10.1 Å². The van der Waals surface area contributed by atoms with Crippen molar-refractivity contribution in [2.24, 2.45) is 0 Å². The van der Waals surface area contributed by atoms with E-state index in [1.54, 1.807) is 4.90 Å². The third kappa shape index (κ3) is 3.08. The summed E-state index contributed by atoms with van der Waals surface area (Å²) in [5.74, 6) is -0.0976. The number of benzene rings is 2. The molecule has 0 aliphatic heterocycles. The summed E-state index contributed by atoms with van der Waals surface area (Å²) < 4.78 is 5.39. The Morgan fingerprint density at radius 1 is 1.04 bits per heavy atom. The van der Waals surface area contributed by atoms with Crippen molar-refractivity contribution in [1.82, 2.24) is 10.1 Å². The van der Waals surface area contributed by atoms with Gasteiger partial charge in [0.1, 0.15) is 0 Å². The lowest BCUT2D eigenvalue weighted by molar-refractivity contribution is 0.0990. The van der Waals surface area contributed by atoms with E-state index in [-0.39, 0.29) is 5.91 Å². The lowest BCUT2D eigenvalue weighted by Crippen LogP contribution is -2.30. The Hall–Kier alpha value is -3.47. The predicted octanol–water partition coefficient (Wildman–Crippen LogP) is 4.86. The molecule has 0 spiro atoms. The van der Waals surface area contributed by atoms with Gasteiger partial charge < -0.3 is 9.42 Å². The number of amides is 1. The topological polar surface area (TPSA) is 59.2 Å². The van der Waals surface area contributed by atoms with Crippen LogP contribution in [0.5, 0.6) is 0 Å². The quantitative estimate of drug-likeness (QED) is 0.523.